The molecule has 3 rings (SSSR count). The van der Waals surface area contributed by atoms with Crippen molar-refractivity contribution in [3.8, 4) is 0 Å². The van der Waals surface area contributed by atoms with E-state index in [9.17, 15) is 33.9 Å². The lowest BCUT2D eigenvalue weighted by Gasteiger charge is -2.34. The SMILES string of the molecule is COC(=O)C(CO)NC(=O)C1CCCN1C(=O)C1CCCN1C(=O)[C@H](NC(=O)OCc1ccccc1)[C@H](C)OC(C)=O. The number of carbonyl (C=O) groups is 6. The average molecular weight is 591 g/mol. The number of ether oxygens (including phenoxy) is 3. The van der Waals surface area contributed by atoms with E-state index in [2.05, 4.69) is 15.4 Å². The van der Waals surface area contributed by atoms with E-state index in [1.165, 1.54) is 23.6 Å². The van der Waals surface area contributed by atoms with Crippen LogP contribution in [0.1, 0.15) is 45.1 Å². The van der Waals surface area contributed by atoms with Crippen LogP contribution in [0.2, 0.25) is 0 Å². The normalized spacial score (nSPS) is 20.2. The summed E-state index contributed by atoms with van der Waals surface area (Å²) in [6.07, 6.45) is -0.307. The highest BCUT2D eigenvalue weighted by atomic mass is 16.6. The maximum Gasteiger partial charge on any atom is 0.408 e. The number of aliphatic hydroxyl groups excluding tert-OH is 1. The molecule has 0 saturated carbocycles. The summed E-state index contributed by atoms with van der Waals surface area (Å²) >= 11 is 0. The number of aliphatic hydroxyl groups is 1. The van der Waals surface area contributed by atoms with Gasteiger partial charge in [-0.3, -0.25) is 19.2 Å². The summed E-state index contributed by atoms with van der Waals surface area (Å²) < 4.78 is 15.1. The number of rotatable bonds is 11. The molecule has 14 nitrogen and oxygen atoms in total. The number of hydrogen-bond donors (Lipinski definition) is 3. The maximum atomic E-state index is 13.8. The molecule has 2 aliphatic heterocycles. The van der Waals surface area contributed by atoms with Gasteiger partial charge >= 0.3 is 18.0 Å². The van der Waals surface area contributed by atoms with Crippen molar-refractivity contribution >= 4 is 35.8 Å². The van der Waals surface area contributed by atoms with Crippen molar-refractivity contribution in [3.05, 3.63) is 35.9 Å². The highest BCUT2D eigenvalue weighted by Crippen LogP contribution is 2.26. The van der Waals surface area contributed by atoms with Crippen molar-refractivity contribution in [2.45, 2.75) is 76.4 Å². The van der Waals surface area contributed by atoms with Crippen LogP contribution in [0.15, 0.2) is 30.3 Å². The van der Waals surface area contributed by atoms with E-state index in [1.54, 1.807) is 24.3 Å². The van der Waals surface area contributed by atoms with E-state index < -0.39 is 72.6 Å². The summed E-state index contributed by atoms with van der Waals surface area (Å²) in [7, 11) is 1.13. The van der Waals surface area contributed by atoms with Gasteiger partial charge in [-0.15, -0.1) is 0 Å². The molecule has 0 aromatic heterocycles. The second-order valence-corrected chi connectivity index (χ2v) is 10.1. The van der Waals surface area contributed by atoms with Crippen molar-refractivity contribution in [1.82, 2.24) is 20.4 Å². The standard InChI is InChI=1S/C28H38N4O10/c1-17(42-18(2)34)23(30-28(39)41-16-19-9-5-4-6-10-19)26(37)32-14-8-12-22(32)25(36)31-13-7-11-21(31)24(35)29-20(15-33)27(38)40-3/h4-6,9-10,17,20-23,33H,7-8,11-16H2,1-3H3,(H,29,35)(H,30,39)/t17-,20?,21?,22?,23+/m0/s1. The summed E-state index contributed by atoms with van der Waals surface area (Å²) in [4.78, 5) is 79.2. The Morgan fingerprint density at radius 1 is 0.976 bits per heavy atom. The van der Waals surface area contributed by atoms with Crippen molar-refractivity contribution < 1.29 is 48.1 Å². The van der Waals surface area contributed by atoms with E-state index in [0.29, 0.717) is 25.7 Å². The van der Waals surface area contributed by atoms with Crippen LogP contribution >= 0.6 is 0 Å². The molecule has 0 bridgehead atoms. The fourth-order valence-corrected chi connectivity index (χ4v) is 5.15. The van der Waals surface area contributed by atoms with Gasteiger partial charge in [0.2, 0.25) is 17.7 Å². The van der Waals surface area contributed by atoms with E-state index in [1.807, 2.05) is 6.07 Å². The molecule has 1 aromatic rings. The summed E-state index contributed by atoms with van der Waals surface area (Å²) in [6.45, 7) is 2.37. The Morgan fingerprint density at radius 3 is 2.24 bits per heavy atom. The molecule has 2 saturated heterocycles. The second kappa shape index (κ2) is 15.1. The number of methoxy groups -OCH3 is 1. The number of carbonyl (C=O) groups excluding carboxylic acids is 6. The smallest absolute Gasteiger partial charge is 0.408 e. The molecule has 0 radical (unpaired) electrons. The minimum Gasteiger partial charge on any atom is -0.467 e. The third kappa shape index (κ3) is 8.18. The number of nitrogens with zero attached hydrogens (tertiary/aromatic N) is 2. The van der Waals surface area contributed by atoms with Gasteiger partial charge in [-0.1, -0.05) is 30.3 Å². The largest absolute Gasteiger partial charge is 0.467 e. The van der Waals surface area contributed by atoms with Gasteiger partial charge in [0.25, 0.3) is 0 Å². The first kappa shape index (κ1) is 32.3. The Hall–Kier alpha value is -4.20. The van der Waals surface area contributed by atoms with E-state index in [-0.39, 0.29) is 19.7 Å². The Morgan fingerprint density at radius 2 is 1.62 bits per heavy atom. The van der Waals surface area contributed by atoms with E-state index >= 15 is 0 Å². The van der Waals surface area contributed by atoms with Crippen LogP contribution < -0.4 is 10.6 Å². The van der Waals surface area contributed by atoms with Gasteiger partial charge in [0.15, 0.2) is 6.04 Å². The zero-order valence-electron chi connectivity index (χ0n) is 23.9. The Labute approximate surface area is 243 Å². The zero-order chi connectivity index (χ0) is 30.8. The molecule has 2 aliphatic rings. The third-order valence-corrected chi connectivity index (χ3v) is 7.22. The molecule has 2 fully saturated rings. The van der Waals surface area contributed by atoms with Gasteiger partial charge < -0.3 is 39.8 Å². The van der Waals surface area contributed by atoms with Crippen LogP contribution in [-0.4, -0.2) is 108 Å². The Balaban J connectivity index is 1.72. The number of amides is 4. The Bertz CT molecular complexity index is 1150. The first-order valence-electron chi connectivity index (χ1n) is 13.8. The van der Waals surface area contributed by atoms with Crippen LogP contribution in [0.25, 0.3) is 0 Å². The molecule has 3 unspecified atom stereocenters. The fourth-order valence-electron chi connectivity index (χ4n) is 5.15. The van der Waals surface area contributed by atoms with Gasteiger partial charge in [0.1, 0.15) is 30.8 Å². The van der Waals surface area contributed by atoms with Crippen LogP contribution in [0, 0.1) is 0 Å². The third-order valence-electron chi connectivity index (χ3n) is 7.22. The van der Waals surface area contributed by atoms with E-state index in [0.717, 1.165) is 12.7 Å². The molecule has 42 heavy (non-hydrogen) atoms. The zero-order valence-corrected chi connectivity index (χ0v) is 23.9. The van der Waals surface area contributed by atoms with Crippen LogP contribution in [-0.2, 0) is 44.8 Å². The second-order valence-electron chi connectivity index (χ2n) is 10.1. The molecule has 14 heteroatoms. The number of benzene rings is 1. The van der Waals surface area contributed by atoms with Crippen molar-refractivity contribution in [2.75, 3.05) is 26.8 Å². The lowest BCUT2D eigenvalue weighted by Crippen LogP contribution is -2.59. The van der Waals surface area contributed by atoms with Crippen LogP contribution in [0.5, 0.6) is 0 Å². The van der Waals surface area contributed by atoms with Gasteiger partial charge in [0.05, 0.1) is 13.7 Å². The van der Waals surface area contributed by atoms with Crippen molar-refractivity contribution in [3.63, 3.8) is 0 Å². The number of hydrogen-bond acceptors (Lipinski definition) is 10. The summed E-state index contributed by atoms with van der Waals surface area (Å²) in [6, 6.07) is 4.48. The number of esters is 2. The summed E-state index contributed by atoms with van der Waals surface area (Å²) in [5.41, 5.74) is 0.731. The Kier molecular flexibility index (Phi) is 11.7. The van der Waals surface area contributed by atoms with Gasteiger partial charge in [-0.2, -0.15) is 0 Å². The van der Waals surface area contributed by atoms with Crippen molar-refractivity contribution in [1.29, 1.82) is 0 Å². The summed E-state index contributed by atoms with van der Waals surface area (Å²) in [5.74, 6) is -3.19. The van der Waals surface area contributed by atoms with Crippen LogP contribution in [0.4, 0.5) is 4.79 Å². The van der Waals surface area contributed by atoms with E-state index in [4.69, 9.17) is 9.47 Å². The quantitative estimate of drug-likeness (QED) is 0.232. The fraction of sp³-hybridized carbons (Fsp3) is 0.571. The molecule has 0 spiro atoms. The topological polar surface area (TPSA) is 181 Å². The monoisotopic (exact) mass is 590 g/mol. The first-order valence-corrected chi connectivity index (χ1v) is 13.8. The molecule has 0 aliphatic carbocycles. The van der Waals surface area contributed by atoms with Crippen molar-refractivity contribution in [2.24, 2.45) is 0 Å². The molecule has 1 aromatic carbocycles. The minimum absolute atomic E-state index is 0.0497. The number of alkyl carbamates (subject to hydrolysis) is 1. The van der Waals surface area contributed by atoms with Gasteiger partial charge in [0, 0.05) is 20.0 Å². The predicted molar refractivity (Wildman–Crippen MR) is 145 cm³/mol. The molecule has 4 amide bonds. The molecular weight excluding hydrogens is 552 g/mol. The van der Waals surface area contributed by atoms with Gasteiger partial charge in [-0.05, 0) is 38.2 Å². The molecule has 5 atom stereocenters. The average Bonchev–Trinajstić information content (AvgIpc) is 3.67. The highest BCUT2D eigenvalue weighted by molar-refractivity contribution is 5.95. The molecule has 3 N–H and O–H groups in total. The first-order chi connectivity index (χ1) is 20.1. The molecular formula is C28H38N4O10. The lowest BCUT2D eigenvalue weighted by atomic mass is 10.1. The van der Waals surface area contributed by atoms with Crippen LogP contribution in [0.3, 0.4) is 0 Å². The minimum atomic E-state index is -1.34. The highest BCUT2D eigenvalue weighted by Gasteiger charge is 2.45. The maximum absolute atomic E-state index is 13.8. The molecule has 230 valence electrons. The summed E-state index contributed by atoms with van der Waals surface area (Å²) in [5, 5.41) is 14.4. The lowest BCUT2D eigenvalue weighted by molar-refractivity contribution is -0.154. The molecule has 2 heterocycles. The predicted octanol–water partition coefficient (Wildman–Crippen LogP) is -0.135. The van der Waals surface area contributed by atoms with Gasteiger partial charge in [-0.25, -0.2) is 9.59 Å². The number of nitrogens with one attached hydrogen (secondary N) is 2. The number of likely N-dealkylation sites (tertiary alicyclic amines) is 2.